The summed E-state index contributed by atoms with van der Waals surface area (Å²) in [6, 6.07) is 22.2. The predicted octanol–water partition coefficient (Wildman–Crippen LogP) is 4.95. The average Bonchev–Trinajstić information content (AvgIpc) is 2.74. The molecule has 152 valence electrons. The highest BCUT2D eigenvalue weighted by Gasteiger charge is 2.31. The normalized spacial score (nSPS) is 15.2. The van der Waals surface area contributed by atoms with Crippen LogP contribution in [0.4, 0.5) is 21.9 Å². The minimum Gasteiger partial charge on any atom is -0.479 e. The lowest BCUT2D eigenvalue weighted by atomic mass is 10.1. The van der Waals surface area contributed by atoms with E-state index in [2.05, 4.69) is 10.6 Å². The van der Waals surface area contributed by atoms with Crippen molar-refractivity contribution in [2.24, 2.45) is 0 Å². The quantitative estimate of drug-likeness (QED) is 0.650. The third kappa shape index (κ3) is 4.27. The predicted molar refractivity (Wildman–Crippen MR) is 118 cm³/mol. The van der Waals surface area contributed by atoms with Gasteiger partial charge in [0.05, 0.1) is 12.2 Å². The van der Waals surface area contributed by atoms with E-state index in [1.807, 2.05) is 61.5 Å². The lowest BCUT2D eigenvalue weighted by Gasteiger charge is -2.33. The minimum atomic E-state index is -0.567. The molecule has 2 N–H and O–H groups in total. The van der Waals surface area contributed by atoms with Gasteiger partial charge in [0, 0.05) is 11.4 Å². The third-order valence-electron chi connectivity index (χ3n) is 4.92. The maximum Gasteiger partial charge on any atom is 0.323 e. The van der Waals surface area contributed by atoms with Gasteiger partial charge in [-0.15, -0.1) is 0 Å². The second-order valence-corrected chi connectivity index (χ2v) is 7.30. The summed E-state index contributed by atoms with van der Waals surface area (Å²) < 4.78 is 5.77. The summed E-state index contributed by atoms with van der Waals surface area (Å²) >= 11 is 0. The number of para-hydroxylation sites is 1. The summed E-state index contributed by atoms with van der Waals surface area (Å²) in [5.41, 5.74) is 4.09. The number of carbonyl (C=O) groups is 2. The first-order valence-electron chi connectivity index (χ1n) is 9.80. The first-order valence-corrected chi connectivity index (χ1v) is 9.80. The van der Waals surface area contributed by atoms with Gasteiger partial charge in [-0.05, 0) is 49.7 Å². The number of benzene rings is 3. The molecule has 1 aliphatic rings. The van der Waals surface area contributed by atoms with Crippen molar-refractivity contribution < 1.29 is 14.3 Å². The van der Waals surface area contributed by atoms with E-state index in [-0.39, 0.29) is 11.9 Å². The summed E-state index contributed by atoms with van der Waals surface area (Å²) in [7, 11) is 0. The first-order chi connectivity index (χ1) is 14.5. The number of amides is 3. The molecule has 0 radical (unpaired) electrons. The number of hydrogen-bond acceptors (Lipinski definition) is 3. The number of rotatable bonds is 4. The molecule has 0 fully saturated rings. The highest BCUT2D eigenvalue weighted by atomic mass is 16.5. The standard InChI is InChI=1S/C24H23N3O3/c1-16-8-10-18(11-9-16)15-27-21-14-20(12-13-22(21)30-17(2)23(27)28)26-24(29)25-19-6-4-3-5-7-19/h3-14,17H,15H2,1-2H3,(H2,25,26,29). The smallest absolute Gasteiger partial charge is 0.323 e. The van der Waals surface area contributed by atoms with Crippen LogP contribution in [-0.4, -0.2) is 18.0 Å². The molecule has 4 rings (SSSR count). The van der Waals surface area contributed by atoms with Gasteiger partial charge in [-0.2, -0.15) is 0 Å². The lowest BCUT2D eigenvalue weighted by molar-refractivity contribution is -0.125. The van der Waals surface area contributed by atoms with Gasteiger partial charge in [-0.25, -0.2) is 4.79 Å². The molecular formula is C24H23N3O3. The van der Waals surface area contributed by atoms with Crippen molar-refractivity contribution in [1.29, 1.82) is 0 Å². The maximum absolute atomic E-state index is 12.8. The Bertz CT molecular complexity index is 1060. The minimum absolute atomic E-state index is 0.117. The molecule has 1 aliphatic heterocycles. The Labute approximate surface area is 175 Å². The van der Waals surface area contributed by atoms with Crippen molar-refractivity contribution in [1.82, 2.24) is 0 Å². The topological polar surface area (TPSA) is 70.7 Å². The first kappa shape index (κ1) is 19.5. The number of hydrogen-bond donors (Lipinski definition) is 2. The molecule has 0 aliphatic carbocycles. The van der Waals surface area contributed by atoms with Gasteiger partial charge in [0.1, 0.15) is 5.75 Å². The molecule has 30 heavy (non-hydrogen) atoms. The van der Waals surface area contributed by atoms with Gasteiger partial charge < -0.3 is 20.3 Å². The van der Waals surface area contributed by atoms with E-state index in [1.165, 1.54) is 0 Å². The van der Waals surface area contributed by atoms with Gasteiger partial charge in [-0.1, -0.05) is 48.0 Å². The Balaban J connectivity index is 1.56. The summed E-state index contributed by atoms with van der Waals surface area (Å²) in [6.45, 7) is 4.20. The lowest BCUT2D eigenvalue weighted by Crippen LogP contribution is -2.44. The van der Waals surface area contributed by atoms with Crippen molar-refractivity contribution in [3.8, 4) is 5.75 Å². The van der Waals surface area contributed by atoms with Crippen LogP contribution in [0.1, 0.15) is 18.1 Å². The van der Waals surface area contributed by atoms with Crippen molar-refractivity contribution in [2.75, 3.05) is 15.5 Å². The second-order valence-electron chi connectivity index (χ2n) is 7.30. The molecule has 6 heteroatoms. The zero-order valence-electron chi connectivity index (χ0n) is 16.9. The largest absolute Gasteiger partial charge is 0.479 e. The average molecular weight is 401 g/mol. The number of urea groups is 1. The second kappa shape index (κ2) is 8.29. The van der Waals surface area contributed by atoms with Crippen LogP contribution in [0.15, 0.2) is 72.8 Å². The number of carbonyl (C=O) groups excluding carboxylic acids is 2. The van der Waals surface area contributed by atoms with Crippen LogP contribution < -0.4 is 20.3 Å². The molecule has 0 spiro atoms. The Hall–Kier alpha value is -3.80. The Kier molecular flexibility index (Phi) is 5.39. The molecular weight excluding hydrogens is 378 g/mol. The molecule has 6 nitrogen and oxygen atoms in total. The van der Waals surface area contributed by atoms with E-state index in [0.717, 1.165) is 11.1 Å². The van der Waals surface area contributed by atoms with Crippen molar-refractivity contribution in [3.05, 3.63) is 83.9 Å². The number of anilines is 3. The van der Waals surface area contributed by atoms with Crippen molar-refractivity contribution >= 4 is 29.0 Å². The van der Waals surface area contributed by atoms with Gasteiger partial charge in [0.25, 0.3) is 5.91 Å². The van der Waals surface area contributed by atoms with Crippen molar-refractivity contribution in [3.63, 3.8) is 0 Å². The van der Waals surface area contributed by atoms with E-state index >= 15 is 0 Å². The molecule has 0 aromatic heterocycles. The van der Waals surface area contributed by atoms with Crippen LogP contribution >= 0.6 is 0 Å². The van der Waals surface area contributed by atoms with E-state index in [0.29, 0.717) is 29.4 Å². The number of ether oxygens (including phenoxy) is 1. The van der Waals surface area contributed by atoms with Gasteiger partial charge in [0.15, 0.2) is 6.10 Å². The van der Waals surface area contributed by atoms with Crippen LogP contribution in [0.2, 0.25) is 0 Å². The van der Waals surface area contributed by atoms with Crippen LogP contribution in [0, 0.1) is 6.92 Å². The van der Waals surface area contributed by atoms with Crippen LogP contribution in [0.3, 0.4) is 0 Å². The number of fused-ring (bicyclic) bond motifs is 1. The summed E-state index contributed by atoms with van der Waals surface area (Å²) in [5.74, 6) is 0.497. The molecule has 1 atom stereocenters. The monoisotopic (exact) mass is 401 g/mol. The third-order valence-corrected chi connectivity index (χ3v) is 4.92. The highest BCUT2D eigenvalue weighted by Crippen LogP contribution is 2.37. The van der Waals surface area contributed by atoms with Gasteiger partial charge in [0.2, 0.25) is 0 Å². The summed E-state index contributed by atoms with van der Waals surface area (Å²) in [4.78, 5) is 26.9. The van der Waals surface area contributed by atoms with Crippen LogP contribution in [0.25, 0.3) is 0 Å². The van der Waals surface area contributed by atoms with E-state index in [4.69, 9.17) is 4.74 Å². The van der Waals surface area contributed by atoms with Crippen LogP contribution in [-0.2, 0) is 11.3 Å². The molecule has 1 heterocycles. The number of nitrogens with one attached hydrogen (secondary N) is 2. The molecule has 0 saturated heterocycles. The molecule has 3 aromatic carbocycles. The fraction of sp³-hybridized carbons (Fsp3) is 0.167. The van der Waals surface area contributed by atoms with Crippen molar-refractivity contribution in [2.45, 2.75) is 26.5 Å². The van der Waals surface area contributed by atoms with E-state index < -0.39 is 6.10 Å². The molecule has 3 aromatic rings. The fourth-order valence-corrected chi connectivity index (χ4v) is 3.34. The zero-order valence-corrected chi connectivity index (χ0v) is 16.9. The SMILES string of the molecule is Cc1ccc(CN2C(=O)C(C)Oc3ccc(NC(=O)Nc4ccccc4)cc32)cc1. The molecule has 0 bridgehead atoms. The number of aryl methyl sites for hydroxylation is 1. The zero-order chi connectivity index (χ0) is 21.1. The fourth-order valence-electron chi connectivity index (χ4n) is 3.34. The Morgan fingerprint density at radius 3 is 2.40 bits per heavy atom. The van der Waals surface area contributed by atoms with E-state index in [1.54, 1.807) is 30.0 Å². The maximum atomic E-state index is 12.8. The molecule has 3 amide bonds. The Morgan fingerprint density at radius 1 is 0.967 bits per heavy atom. The highest BCUT2D eigenvalue weighted by molar-refractivity contribution is 6.03. The molecule has 1 unspecified atom stereocenters. The van der Waals surface area contributed by atoms with Gasteiger partial charge >= 0.3 is 6.03 Å². The van der Waals surface area contributed by atoms with E-state index in [9.17, 15) is 9.59 Å². The summed E-state index contributed by atoms with van der Waals surface area (Å²) in [6.07, 6.45) is -0.567. The summed E-state index contributed by atoms with van der Waals surface area (Å²) in [5, 5.41) is 5.60. The number of nitrogens with zero attached hydrogens (tertiary/aromatic N) is 1. The van der Waals surface area contributed by atoms with Gasteiger partial charge in [-0.3, -0.25) is 4.79 Å². The Morgan fingerprint density at radius 2 is 1.67 bits per heavy atom. The molecule has 0 saturated carbocycles. The van der Waals surface area contributed by atoms with Crippen LogP contribution in [0.5, 0.6) is 5.75 Å².